The Kier molecular flexibility index (Phi) is 3.02. The Balaban J connectivity index is 2.26. The van der Waals surface area contributed by atoms with Crippen LogP contribution in [0.2, 0.25) is 0 Å². The van der Waals surface area contributed by atoms with Gasteiger partial charge < -0.3 is 4.74 Å². The van der Waals surface area contributed by atoms with Crippen LogP contribution in [0.3, 0.4) is 0 Å². The number of hydrogen-bond donors (Lipinski definition) is 0. The number of nitrogens with zero attached hydrogens (tertiary/aromatic N) is 1. The maximum atomic E-state index is 5.63. The summed E-state index contributed by atoms with van der Waals surface area (Å²) in [5.41, 5.74) is 1.13. The van der Waals surface area contributed by atoms with E-state index < -0.39 is 0 Å². The molecule has 2 aromatic rings. The molecule has 0 saturated carbocycles. The first-order valence-corrected chi connectivity index (χ1v) is 5.40. The van der Waals surface area contributed by atoms with Gasteiger partial charge in [-0.25, -0.2) is 4.98 Å². The number of pyridine rings is 1. The van der Waals surface area contributed by atoms with E-state index in [1.807, 2.05) is 43.3 Å². The highest BCUT2D eigenvalue weighted by Gasteiger charge is 2.01. The van der Waals surface area contributed by atoms with E-state index in [0.717, 1.165) is 15.8 Å². The van der Waals surface area contributed by atoms with Gasteiger partial charge in [0.15, 0.2) is 0 Å². The topological polar surface area (TPSA) is 22.1 Å². The van der Waals surface area contributed by atoms with Crippen LogP contribution in [0.4, 0.5) is 0 Å². The Morgan fingerprint density at radius 2 is 2.00 bits per heavy atom. The zero-order valence-electron chi connectivity index (χ0n) is 8.27. The van der Waals surface area contributed by atoms with E-state index in [-0.39, 0.29) is 0 Å². The second-order valence-corrected chi connectivity index (χ2v) is 4.06. The van der Waals surface area contributed by atoms with Crippen LogP contribution in [0.1, 0.15) is 5.56 Å². The third kappa shape index (κ3) is 2.57. The monoisotopic (exact) mass is 263 g/mol. The fourth-order valence-corrected chi connectivity index (χ4v) is 1.57. The number of para-hydroxylation sites is 1. The molecular weight excluding hydrogens is 254 g/mol. The highest BCUT2D eigenvalue weighted by Crippen LogP contribution is 2.28. The lowest BCUT2D eigenvalue weighted by atomic mass is 10.3. The first kappa shape index (κ1) is 10.2. The number of rotatable bonds is 2. The van der Waals surface area contributed by atoms with Gasteiger partial charge in [0, 0.05) is 12.3 Å². The van der Waals surface area contributed by atoms with Crippen molar-refractivity contribution in [2.75, 3.05) is 0 Å². The molecule has 0 N–H and O–H groups in total. The maximum absolute atomic E-state index is 5.63. The molecule has 1 aromatic carbocycles. The molecular formula is C12H10BrNO. The van der Waals surface area contributed by atoms with Crippen LogP contribution >= 0.6 is 15.9 Å². The minimum atomic E-state index is 0.613. The summed E-state index contributed by atoms with van der Waals surface area (Å²) in [6, 6.07) is 11.5. The molecule has 0 amide bonds. The van der Waals surface area contributed by atoms with Gasteiger partial charge in [-0.2, -0.15) is 0 Å². The van der Waals surface area contributed by atoms with Crippen molar-refractivity contribution in [1.82, 2.24) is 4.98 Å². The van der Waals surface area contributed by atoms with Crippen LogP contribution in [0.15, 0.2) is 47.1 Å². The predicted molar refractivity (Wildman–Crippen MR) is 63.2 cm³/mol. The van der Waals surface area contributed by atoms with Crippen molar-refractivity contribution in [3.8, 4) is 11.6 Å². The zero-order valence-corrected chi connectivity index (χ0v) is 9.86. The Morgan fingerprint density at radius 3 is 2.73 bits per heavy atom. The van der Waals surface area contributed by atoms with Gasteiger partial charge in [0.2, 0.25) is 5.88 Å². The van der Waals surface area contributed by atoms with Crippen LogP contribution in [0.25, 0.3) is 0 Å². The maximum Gasteiger partial charge on any atom is 0.219 e. The molecule has 2 rings (SSSR count). The molecule has 3 heteroatoms. The summed E-state index contributed by atoms with van der Waals surface area (Å²) in [4.78, 5) is 4.13. The minimum absolute atomic E-state index is 0.613. The average molecular weight is 264 g/mol. The second kappa shape index (κ2) is 4.45. The fourth-order valence-electron chi connectivity index (χ4n) is 1.20. The van der Waals surface area contributed by atoms with Crippen molar-refractivity contribution < 1.29 is 4.74 Å². The smallest absolute Gasteiger partial charge is 0.219 e. The average Bonchev–Trinajstić information content (AvgIpc) is 2.22. The fraction of sp³-hybridized carbons (Fsp3) is 0.0833. The van der Waals surface area contributed by atoms with Gasteiger partial charge in [-0.15, -0.1) is 0 Å². The third-order valence-corrected chi connectivity index (χ3v) is 2.60. The summed E-state index contributed by atoms with van der Waals surface area (Å²) in [7, 11) is 0. The minimum Gasteiger partial charge on any atom is -0.438 e. The lowest BCUT2D eigenvalue weighted by Crippen LogP contribution is -1.88. The number of benzene rings is 1. The highest BCUT2D eigenvalue weighted by molar-refractivity contribution is 9.10. The van der Waals surface area contributed by atoms with Crippen LogP contribution in [-0.2, 0) is 0 Å². The molecule has 0 radical (unpaired) electrons. The van der Waals surface area contributed by atoms with Crippen molar-refractivity contribution in [3.63, 3.8) is 0 Å². The van der Waals surface area contributed by atoms with E-state index in [1.54, 1.807) is 6.20 Å². The second-order valence-electron chi connectivity index (χ2n) is 3.20. The molecule has 1 heterocycles. The largest absolute Gasteiger partial charge is 0.438 e. The summed E-state index contributed by atoms with van der Waals surface area (Å²) in [6.07, 6.45) is 1.74. The standard InChI is InChI=1S/C12H10BrNO/c1-9-6-7-14-12(8-9)15-11-5-3-2-4-10(11)13/h2-8H,1H3. The van der Waals surface area contributed by atoms with Gasteiger partial charge in [-0.1, -0.05) is 12.1 Å². The van der Waals surface area contributed by atoms with E-state index in [0.29, 0.717) is 5.88 Å². The number of halogens is 1. The number of aryl methyl sites for hydroxylation is 1. The number of aromatic nitrogens is 1. The van der Waals surface area contributed by atoms with E-state index in [1.165, 1.54) is 0 Å². The van der Waals surface area contributed by atoms with Crippen molar-refractivity contribution in [2.24, 2.45) is 0 Å². The summed E-state index contributed by atoms with van der Waals surface area (Å²) in [5.74, 6) is 1.39. The van der Waals surface area contributed by atoms with Gasteiger partial charge in [-0.05, 0) is 46.6 Å². The molecule has 0 unspecified atom stereocenters. The molecule has 1 aromatic heterocycles. The molecule has 0 saturated heterocycles. The Morgan fingerprint density at radius 1 is 1.20 bits per heavy atom. The zero-order chi connectivity index (χ0) is 10.7. The Hall–Kier alpha value is -1.35. The number of ether oxygens (including phenoxy) is 1. The van der Waals surface area contributed by atoms with Crippen LogP contribution in [-0.4, -0.2) is 4.98 Å². The summed E-state index contributed by atoms with van der Waals surface area (Å²) < 4.78 is 6.56. The van der Waals surface area contributed by atoms with Crippen molar-refractivity contribution in [1.29, 1.82) is 0 Å². The lowest BCUT2D eigenvalue weighted by Gasteiger charge is -2.06. The SMILES string of the molecule is Cc1ccnc(Oc2ccccc2Br)c1. The van der Waals surface area contributed by atoms with Gasteiger partial charge in [-0.3, -0.25) is 0 Å². The Bertz CT molecular complexity index is 471. The summed E-state index contributed by atoms with van der Waals surface area (Å²) >= 11 is 3.42. The normalized spacial score (nSPS) is 10.0. The van der Waals surface area contributed by atoms with Crippen molar-refractivity contribution >= 4 is 15.9 Å². The molecule has 0 bridgehead atoms. The van der Waals surface area contributed by atoms with Gasteiger partial charge in [0.1, 0.15) is 5.75 Å². The Labute approximate surface area is 97.1 Å². The first-order chi connectivity index (χ1) is 7.25. The van der Waals surface area contributed by atoms with Gasteiger partial charge in [0.25, 0.3) is 0 Å². The molecule has 0 atom stereocenters. The predicted octanol–water partition coefficient (Wildman–Crippen LogP) is 3.94. The van der Waals surface area contributed by atoms with E-state index >= 15 is 0 Å². The molecule has 76 valence electrons. The molecule has 15 heavy (non-hydrogen) atoms. The van der Waals surface area contributed by atoms with Crippen LogP contribution in [0, 0.1) is 6.92 Å². The summed E-state index contributed by atoms with van der Waals surface area (Å²) in [5, 5.41) is 0. The third-order valence-electron chi connectivity index (χ3n) is 1.94. The highest BCUT2D eigenvalue weighted by atomic mass is 79.9. The van der Waals surface area contributed by atoms with Crippen molar-refractivity contribution in [2.45, 2.75) is 6.92 Å². The first-order valence-electron chi connectivity index (χ1n) is 4.61. The molecule has 0 aliphatic rings. The van der Waals surface area contributed by atoms with E-state index in [4.69, 9.17) is 4.74 Å². The quantitative estimate of drug-likeness (QED) is 0.819. The van der Waals surface area contributed by atoms with Gasteiger partial charge >= 0.3 is 0 Å². The molecule has 2 nitrogen and oxygen atoms in total. The molecule has 0 spiro atoms. The van der Waals surface area contributed by atoms with Crippen molar-refractivity contribution in [3.05, 3.63) is 52.6 Å². The summed E-state index contributed by atoms with van der Waals surface area (Å²) in [6.45, 7) is 2.01. The number of hydrogen-bond acceptors (Lipinski definition) is 2. The van der Waals surface area contributed by atoms with E-state index in [2.05, 4.69) is 20.9 Å². The van der Waals surface area contributed by atoms with Crippen LogP contribution in [0.5, 0.6) is 11.6 Å². The lowest BCUT2D eigenvalue weighted by molar-refractivity contribution is 0.459. The molecule has 0 aliphatic carbocycles. The van der Waals surface area contributed by atoms with E-state index in [9.17, 15) is 0 Å². The van der Waals surface area contributed by atoms with Crippen LogP contribution < -0.4 is 4.74 Å². The molecule has 0 aliphatic heterocycles. The van der Waals surface area contributed by atoms with Gasteiger partial charge in [0.05, 0.1) is 4.47 Å². The molecule has 0 fully saturated rings.